The SMILES string of the molecule is CCCN1C(=O)NC2=NC(C)=NC2(Br)C1=O. The summed E-state index contributed by atoms with van der Waals surface area (Å²) in [7, 11) is 0. The third kappa shape index (κ3) is 1.46. The van der Waals surface area contributed by atoms with Gasteiger partial charge in [0.2, 0.25) is 0 Å². The lowest BCUT2D eigenvalue weighted by Crippen LogP contribution is -2.63. The van der Waals surface area contributed by atoms with Gasteiger partial charge in [0.05, 0.1) is 0 Å². The molecular formula is C9H11BrN4O2. The highest BCUT2D eigenvalue weighted by atomic mass is 79.9. The average molecular weight is 287 g/mol. The van der Waals surface area contributed by atoms with Gasteiger partial charge in [-0.2, -0.15) is 0 Å². The van der Waals surface area contributed by atoms with Crippen molar-refractivity contribution in [1.82, 2.24) is 10.2 Å². The second-order valence-electron chi connectivity index (χ2n) is 3.63. The minimum atomic E-state index is -1.22. The van der Waals surface area contributed by atoms with Crippen LogP contribution in [0.2, 0.25) is 0 Å². The van der Waals surface area contributed by atoms with Crippen molar-refractivity contribution in [3.05, 3.63) is 0 Å². The molecule has 86 valence electrons. The maximum absolute atomic E-state index is 12.1. The Morgan fingerprint density at radius 3 is 2.81 bits per heavy atom. The molecular weight excluding hydrogens is 276 g/mol. The zero-order valence-corrected chi connectivity index (χ0v) is 10.5. The van der Waals surface area contributed by atoms with E-state index in [2.05, 4.69) is 31.2 Å². The van der Waals surface area contributed by atoms with Crippen LogP contribution < -0.4 is 5.32 Å². The molecule has 0 radical (unpaired) electrons. The summed E-state index contributed by atoms with van der Waals surface area (Å²) in [4.78, 5) is 33.0. The highest BCUT2D eigenvalue weighted by Gasteiger charge is 2.52. The first-order valence-corrected chi connectivity index (χ1v) is 5.76. The van der Waals surface area contributed by atoms with E-state index in [0.29, 0.717) is 18.8 Å². The normalized spacial score (nSPS) is 28.6. The lowest BCUT2D eigenvalue weighted by Gasteiger charge is -2.33. The molecule has 1 atom stereocenters. The predicted molar refractivity (Wildman–Crippen MR) is 62.7 cm³/mol. The number of nitrogens with zero attached hydrogens (tertiary/aromatic N) is 3. The smallest absolute Gasteiger partial charge is 0.292 e. The summed E-state index contributed by atoms with van der Waals surface area (Å²) in [5.74, 6) is 0.347. The predicted octanol–water partition coefficient (Wildman–Crippen LogP) is 0.870. The number of halogens is 1. The molecule has 0 aromatic heterocycles. The Hall–Kier alpha value is -1.24. The highest BCUT2D eigenvalue weighted by molar-refractivity contribution is 9.10. The Morgan fingerprint density at radius 2 is 2.19 bits per heavy atom. The number of fused-ring (bicyclic) bond motifs is 1. The number of carbonyl (C=O) groups excluding carboxylic acids is 2. The standard InChI is InChI=1S/C9H11BrN4O2/c1-3-4-14-7(15)9(10)6(12-8(14)16)11-5(2)13-9/h3-4H2,1-2H3,(H,11,12,13,16). The maximum Gasteiger partial charge on any atom is 0.329 e. The topological polar surface area (TPSA) is 74.1 Å². The van der Waals surface area contributed by atoms with Crippen LogP contribution in [0, 0.1) is 0 Å². The van der Waals surface area contributed by atoms with Crippen LogP contribution in [0.1, 0.15) is 20.3 Å². The summed E-state index contributed by atoms with van der Waals surface area (Å²) >= 11 is 3.24. The van der Waals surface area contributed by atoms with Crippen LogP contribution in [0.3, 0.4) is 0 Å². The minimum Gasteiger partial charge on any atom is -0.292 e. The molecule has 0 saturated carbocycles. The number of hydrogen-bond donors (Lipinski definition) is 1. The number of rotatable bonds is 2. The number of amidine groups is 2. The maximum atomic E-state index is 12.1. The first-order valence-electron chi connectivity index (χ1n) is 4.96. The van der Waals surface area contributed by atoms with Crippen molar-refractivity contribution >= 4 is 39.5 Å². The van der Waals surface area contributed by atoms with Gasteiger partial charge in [0.25, 0.3) is 10.4 Å². The third-order valence-electron chi connectivity index (χ3n) is 2.35. The molecule has 6 nitrogen and oxygen atoms in total. The summed E-state index contributed by atoms with van der Waals surface area (Å²) in [6, 6.07) is -0.439. The van der Waals surface area contributed by atoms with Gasteiger partial charge in [0, 0.05) is 6.54 Å². The van der Waals surface area contributed by atoms with E-state index in [1.165, 1.54) is 0 Å². The fourth-order valence-electron chi connectivity index (χ4n) is 1.66. The molecule has 0 bridgehead atoms. The molecule has 1 N–H and O–H groups in total. The molecule has 0 aromatic carbocycles. The van der Waals surface area contributed by atoms with E-state index in [-0.39, 0.29) is 11.7 Å². The molecule has 3 amide bonds. The van der Waals surface area contributed by atoms with E-state index >= 15 is 0 Å². The van der Waals surface area contributed by atoms with E-state index in [1.807, 2.05) is 6.92 Å². The van der Waals surface area contributed by atoms with Crippen LogP contribution >= 0.6 is 15.9 Å². The van der Waals surface area contributed by atoms with E-state index in [0.717, 1.165) is 4.90 Å². The summed E-state index contributed by atoms with van der Waals surface area (Å²) in [5, 5.41) is 2.57. The van der Waals surface area contributed by atoms with Gasteiger partial charge in [-0.05, 0) is 29.3 Å². The van der Waals surface area contributed by atoms with Gasteiger partial charge < -0.3 is 0 Å². The van der Waals surface area contributed by atoms with Crippen molar-refractivity contribution in [3.8, 4) is 0 Å². The van der Waals surface area contributed by atoms with Crippen LogP contribution in [-0.2, 0) is 4.79 Å². The molecule has 2 heterocycles. The summed E-state index contributed by atoms with van der Waals surface area (Å²) in [6.45, 7) is 3.95. The first kappa shape index (κ1) is 11.3. The van der Waals surface area contributed by atoms with Crippen LogP contribution in [0.15, 0.2) is 9.98 Å². The first-order chi connectivity index (χ1) is 7.49. The monoisotopic (exact) mass is 286 g/mol. The van der Waals surface area contributed by atoms with Gasteiger partial charge in [-0.25, -0.2) is 14.8 Å². The molecule has 16 heavy (non-hydrogen) atoms. The molecule has 1 saturated heterocycles. The lowest BCUT2D eigenvalue weighted by atomic mass is 10.2. The number of amides is 3. The summed E-state index contributed by atoms with van der Waals surface area (Å²) in [6.07, 6.45) is 0.706. The van der Waals surface area contributed by atoms with E-state index in [1.54, 1.807) is 6.92 Å². The molecule has 2 aliphatic heterocycles. The average Bonchev–Trinajstić information content (AvgIpc) is 2.49. The zero-order chi connectivity index (χ0) is 11.9. The largest absolute Gasteiger partial charge is 0.329 e. The summed E-state index contributed by atoms with van der Waals surface area (Å²) in [5.41, 5.74) is 0. The number of carbonyl (C=O) groups is 2. The Bertz CT molecular complexity index is 431. The third-order valence-corrected chi connectivity index (χ3v) is 3.24. The van der Waals surface area contributed by atoms with Gasteiger partial charge in [-0.3, -0.25) is 15.0 Å². The molecule has 1 fully saturated rings. The molecule has 0 aromatic rings. The van der Waals surface area contributed by atoms with Crippen molar-refractivity contribution in [2.45, 2.75) is 24.7 Å². The van der Waals surface area contributed by atoms with Crippen LogP contribution in [0.5, 0.6) is 0 Å². The van der Waals surface area contributed by atoms with Gasteiger partial charge in [0.15, 0.2) is 5.84 Å². The molecule has 2 rings (SSSR count). The quantitative estimate of drug-likeness (QED) is 0.604. The minimum absolute atomic E-state index is 0.257. The highest BCUT2D eigenvalue weighted by Crippen LogP contribution is 2.31. The second kappa shape index (κ2) is 3.65. The fourth-order valence-corrected chi connectivity index (χ4v) is 2.32. The van der Waals surface area contributed by atoms with Gasteiger partial charge >= 0.3 is 6.03 Å². The molecule has 7 heteroatoms. The molecule has 2 aliphatic rings. The Morgan fingerprint density at radius 1 is 1.50 bits per heavy atom. The van der Waals surface area contributed by atoms with E-state index in [9.17, 15) is 9.59 Å². The van der Waals surface area contributed by atoms with E-state index < -0.39 is 10.5 Å². The number of nitrogens with one attached hydrogen (secondary N) is 1. The van der Waals surface area contributed by atoms with Crippen molar-refractivity contribution in [2.75, 3.05) is 6.54 Å². The second-order valence-corrected chi connectivity index (χ2v) is 4.78. The van der Waals surface area contributed by atoms with E-state index in [4.69, 9.17) is 0 Å². The fraction of sp³-hybridized carbons (Fsp3) is 0.556. The Labute approximate surface area is 101 Å². The number of alkyl halides is 1. The van der Waals surface area contributed by atoms with Crippen LogP contribution in [0.4, 0.5) is 4.79 Å². The Kier molecular flexibility index (Phi) is 2.57. The van der Waals surface area contributed by atoms with Crippen molar-refractivity contribution in [2.24, 2.45) is 9.98 Å². The molecule has 1 unspecified atom stereocenters. The number of urea groups is 1. The zero-order valence-electron chi connectivity index (χ0n) is 8.95. The Balaban J connectivity index is 2.38. The molecule has 0 aliphatic carbocycles. The van der Waals surface area contributed by atoms with Crippen molar-refractivity contribution in [1.29, 1.82) is 0 Å². The van der Waals surface area contributed by atoms with Gasteiger partial charge in [0.1, 0.15) is 5.84 Å². The lowest BCUT2D eigenvalue weighted by molar-refractivity contribution is -0.129. The number of aliphatic imine (C=N–C) groups is 2. The number of imide groups is 1. The van der Waals surface area contributed by atoms with Gasteiger partial charge in [-0.1, -0.05) is 6.92 Å². The van der Waals surface area contributed by atoms with Crippen LogP contribution in [0.25, 0.3) is 0 Å². The van der Waals surface area contributed by atoms with Crippen molar-refractivity contribution in [3.63, 3.8) is 0 Å². The number of hydrogen-bond acceptors (Lipinski definition) is 4. The van der Waals surface area contributed by atoms with Gasteiger partial charge in [-0.15, -0.1) is 0 Å². The van der Waals surface area contributed by atoms with Crippen LogP contribution in [-0.4, -0.2) is 39.5 Å². The summed E-state index contributed by atoms with van der Waals surface area (Å²) < 4.78 is -1.22. The van der Waals surface area contributed by atoms with Crippen molar-refractivity contribution < 1.29 is 9.59 Å². The molecule has 0 spiro atoms.